The lowest BCUT2D eigenvalue weighted by Crippen LogP contribution is -2.44. The molecule has 2 aliphatic rings. The van der Waals surface area contributed by atoms with Gasteiger partial charge in [0.15, 0.2) is 11.6 Å². The second-order valence-electron chi connectivity index (χ2n) is 9.18. The normalized spacial score (nSPS) is 20.5. The summed E-state index contributed by atoms with van der Waals surface area (Å²) in [5.74, 6) is 1.35. The second kappa shape index (κ2) is 9.29. The Morgan fingerprint density at radius 2 is 1.79 bits per heavy atom. The van der Waals surface area contributed by atoms with Crippen LogP contribution in [-0.4, -0.2) is 34.6 Å². The van der Waals surface area contributed by atoms with Gasteiger partial charge < -0.3 is 15.0 Å². The first-order valence-electron chi connectivity index (χ1n) is 12.2. The van der Waals surface area contributed by atoms with Crippen LogP contribution in [0.15, 0.2) is 24.3 Å². The number of piperidine rings is 1. The average molecular weight is 465 g/mol. The number of aromatic nitrogens is 2. The summed E-state index contributed by atoms with van der Waals surface area (Å²) >= 11 is 1.68. The van der Waals surface area contributed by atoms with Crippen molar-refractivity contribution in [1.82, 2.24) is 9.97 Å². The molecule has 174 valence electrons. The van der Waals surface area contributed by atoms with E-state index in [9.17, 15) is 4.79 Å². The van der Waals surface area contributed by atoms with Gasteiger partial charge in [0.2, 0.25) is 0 Å². The summed E-state index contributed by atoms with van der Waals surface area (Å²) in [4.78, 5) is 26.8. The van der Waals surface area contributed by atoms with Crippen LogP contribution >= 0.6 is 11.3 Å². The van der Waals surface area contributed by atoms with Gasteiger partial charge in [0.25, 0.3) is 0 Å². The smallest absolute Gasteiger partial charge is 0.341 e. The van der Waals surface area contributed by atoms with Gasteiger partial charge in [0.1, 0.15) is 5.00 Å². The molecule has 1 N–H and O–H groups in total. The van der Waals surface area contributed by atoms with Crippen LogP contribution in [0.2, 0.25) is 0 Å². The number of benzene rings is 1. The summed E-state index contributed by atoms with van der Waals surface area (Å²) in [6.45, 7) is 6.76. The predicted molar refractivity (Wildman–Crippen MR) is 135 cm³/mol. The molecule has 6 nitrogen and oxygen atoms in total. The summed E-state index contributed by atoms with van der Waals surface area (Å²) in [6, 6.07) is 8.76. The minimum absolute atomic E-state index is 0.241. The van der Waals surface area contributed by atoms with E-state index in [1.807, 2.05) is 31.2 Å². The van der Waals surface area contributed by atoms with Crippen LogP contribution in [0.25, 0.3) is 11.0 Å². The number of aryl methyl sites for hydroxylation is 1. The first-order chi connectivity index (χ1) is 16.1. The van der Waals surface area contributed by atoms with E-state index in [2.05, 4.69) is 24.1 Å². The Morgan fingerprint density at radius 1 is 1.09 bits per heavy atom. The van der Waals surface area contributed by atoms with E-state index in [4.69, 9.17) is 14.7 Å². The number of hydrogen-bond donors (Lipinski definition) is 1. The number of nitrogens with one attached hydrogen (secondary N) is 1. The van der Waals surface area contributed by atoms with Gasteiger partial charge in [-0.3, -0.25) is 0 Å². The van der Waals surface area contributed by atoms with Gasteiger partial charge in [-0.25, -0.2) is 14.8 Å². The summed E-state index contributed by atoms with van der Waals surface area (Å²) in [5, 5.41) is 4.41. The third kappa shape index (κ3) is 4.19. The number of carbonyl (C=O) groups excluding carboxylic acids is 1. The molecule has 0 saturated carbocycles. The van der Waals surface area contributed by atoms with Crippen LogP contribution in [0.4, 0.5) is 16.6 Å². The third-order valence-corrected chi connectivity index (χ3v) is 8.08. The lowest BCUT2D eigenvalue weighted by Gasteiger charge is -2.40. The van der Waals surface area contributed by atoms with E-state index in [-0.39, 0.29) is 5.97 Å². The Bertz CT molecular complexity index is 1160. The topological polar surface area (TPSA) is 67.3 Å². The van der Waals surface area contributed by atoms with Gasteiger partial charge in [-0.05, 0) is 83.4 Å². The highest BCUT2D eigenvalue weighted by molar-refractivity contribution is 7.16. The number of esters is 1. The highest BCUT2D eigenvalue weighted by Crippen LogP contribution is 2.42. The second-order valence-corrected chi connectivity index (χ2v) is 10.3. The van der Waals surface area contributed by atoms with Crippen molar-refractivity contribution in [3.05, 3.63) is 40.3 Å². The lowest BCUT2D eigenvalue weighted by molar-refractivity contribution is 0.0526. The Hall–Kier alpha value is -2.67. The predicted octanol–water partition coefficient (Wildman–Crippen LogP) is 6.26. The van der Waals surface area contributed by atoms with Crippen molar-refractivity contribution in [2.75, 3.05) is 16.8 Å². The van der Waals surface area contributed by atoms with Crippen molar-refractivity contribution in [3.63, 3.8) is 0 Å². The summed E-state index contributed by atoms with van der Waals surface area (Å²) < 4.78 is 5.46. The SMILES string of the molecule is CCOC(=O)c1c(Nc2nc3ccccc3nc2N2[C@H](C)CCC[C@@H]2C)sc2c1CCCC2. The van der Waals surface area contributed by atoms with Crippen molar-refractivity contribution in [2.24, 2.45) is 0 Å². The molecule has 1 aliphatic carbocycles. The van der Waals surface area contributed by atoms with Crippen LogP contribution in [0.3, 0.4) is 0 Å². The number of rotatable bonds is 5. The zero-order valence-corrected chi connectivity index (χ0v) is 20.5. The van der Waals surface area contributed by atoms with Crippen LogP contribution in [0.1, 0.15) is 73.7 Å². The molecule has 1 aromatic carbocycles. The summed E-state index contributed by atoms with van der Waals surface area (Å²) in [6.07, 6.45) is 7.73. The first-order valence-corrected chi connectivity index (χ1v) is 13.0. The number of para-hydroxylation sites is 2. The Kier molecular flexibility index (Phi) is 6.23. The molecule has 2 atom stereocenters. The monoisotopic (exact) mass is 464 g/mol. The molecule has 1 saturated heterocycles. The number of anilines is 3. The maximum atomic E-state index is 13.0. The summed E-state index contributed by atoms with van der Waals surface area (Å²) in [7, 11) is 0. The molecule has 0 amide bonds. The van der Waals surface area contributed by atoms with E-state index in [0.717, 1.165) is 65.3 Å². The molecule has 5 rings (SSSR count). The van der Waals surface area contributed by atoms with Crippen LogP contribution in [0, 0.1) is 0 Å². The van der Waals surface area contributed by atoms with E-state index >= 15 is 0 Å². The Labute approximate surface area is 199 Å². The molecule has 0 unspecified atom stereocenters. The van der Waals surface area contributed by atoms with Gasteiger partial charge in [0.05, 0.1) is 23.2 Å². The van der Waals surface area contributed by atoms with Crippen molar-refractivity contribution in [1.29, 1.82) is 0 Å². The van der Waals surface area contributed by atoms with Gasteiger partial charge in [-0.2, -0.15) is 0 Å². The number of carbonyl (C=O) groups is 1. The van der Waals surface area contributed by atoms with Crippen molar-refractivity contribution < 1.29 is 9.53 Å². The van der Waals surface area contributed by atoms with E-state index in [0.29, 0.717) is 24.3 Å². The number of nitrogens with zero attached hydrogens (tertiary/aromatic N) is 3. The maximum Gasteiger partial charge on any atom is 0.341 e. The van der Waals surface area contributed by atoms with Crippen LogP contribution in [-0.2, 0) is 17.6 Å². The summed E-state index contributed by atoms with van der Waals surface area (Å²) in [5.41, 5.74) is 3.58. The molecule has 3 heterocycles. The molecule has 2 aromatic heterocycles. The molecule has 0 spiro atoms. The Balaban J connectivity index is 1.63. The quantitative estimate of drug-likeness (QED) is 0.450. The molecule has 7 heteroatoms. The Morgan fingerprint density at radius 3 is 2.52 bits per heavy atom. The largest absolute Gasteiger partial charge is 0.462 e. The van der Waals surface area contributed by atoms with Crippen molar-refractivity contribution in [2.45, 2.75) is 77.8 Å². The fourth-order valence-corrected chi connectivity index (χ4v) is 6.55. The molecule has 33 heavy (non-hydrogen) atoms. The number of thiophene rings is 1. The highest BCUT2D eigenvalue weighted by Gasteiger charge is 2.31. The molecule has 1 aliphatic heterocycles. The third-order valence-electron chi connectivity index (χ3n) is 6.87. The highest BCUT2D eigenvalue weighted by atomic mass is 32.1. The van der Waals surface area contributed by atoms with E-state index < -0.39 is 0 Å². The maximum absolute atomic E-state index is 13.0. The zero-order chi connectivity index (χ0) is 22.9. The number of hydrogen-bond acceptors (Lipinski definition) is 7. The van der Waals surface area contributed by atoms with Crippen LogP contribution in [0.5, 0.6) is 0 Å². The molecule has 0 radical (unpaired) electrons. The molecular weight excluding hydrogens is 432 g/mol. The van der Waals surface area contributed by atoms with Gasteiger partial charge in [0, 0.05) is 17.0 Å². The minimum Gasteiger partial charge on any atom is -0.462 e. The molecule has 3 aromatic rings. The van der Waals surface area contributed by atoms with Crippen LogP contribution < -0.4 is 10.2 Å². The van der Waals surface area contributed by atoms with Gasteiger partial charge >= 0.3 is 5.97 Å². The average Bonchev–Trinajstić information content (AvgIpc) is 3.17. The number of ether oxygens (including phenoxy) is 1. The van der Waals surface area contributed by atoms with Gasteiger partial charge in [-0.1, -0.05) is 12.1 Å². The fourth-order valence-electron chi connectivity index (χ4n) is 5.27. The van der Waals surface area contributed by atoms with E-state index in [1.54, 1.807) is 11.3 Å². The molecule has 0 bridgehead atoms. The van der Waals surface area contributed by atoms with E-state index in [1.165, 1.54) is 17.7 Å². The van der Waals surface area contributed by atoms with Crippen molar-refractivity contribution in [3.8, 4) is 0 Å². The lowest BCUT2D eigenvalue weighted by atomic mass is 9.95. The first kappa shape index (κ1) is 22.1. The zero-order valence-electron chi connectivity index (χ0n) is 19.7. The van der Waals surface area contributed by atoms with Gasteiger partial charge in [-0.15, -0.1) is 11.3 Å². The molecule has 1 fully saturated rings. The fraction of sp³-hybridized carbons (Fsp3) is 0.500. The van der Waals surface area contributed by atoms with Crippen molar-refractivity contribution >= 4 is 45.0 Å². The number of fused-ring (bicyclic) bond motifs is 2. The minimum atomic E-state index is -0.241. The standard InChI is InChI=1S/C26H32N4O2S/c1-4-32-26(31)22-18-12-5-8-15-21(18)33-25(22)29-23-24(30-16(2)10-9-11-17(30)3)28-20-14-7-6-13-19(20)27-23/h6-7,13-14,16-17H,4-5,8-12,15H2,1-3H3,(H,27,29)/t16-,17+. The molecular formula is C26H32N4O2S.